The standard InChI is InChI=1S/C83H123N29O11/c1-47(2)68(69(87)113)112-79(123)67(43-51-46-102-58-28-11-8-24-54(51)58)111-75(119)63(33-19-39-99-83(94)95)104-71(115)60(30-13-15-35-85)106-77(121)65(41-49-44-100-56-26-9-6-22-52(49)56)109-74(118)62(32-18-38-98-82(92)93)105-72(116)61(31-17-37-97-81(90)91)107-76(120)64(40-48-20-4-3-5-21-48)108-78(122)66(42-50-45-101-57-27-10-7-23-53(50)57)110-73(117)59(29-12-14-34-84)103-70(114)55(86)25-16-36-96-80(88)89/h3-11,20-24,26-28,44-47,55,59-68,100-102H,12-19,25,29-43,84-86H2,1-2H3,(H2,87,113)(H,103,114)(H,104,115)(H,105,116)(H,106,121)(H,107,120)(H,108,122)(H,109,118)(H,110,117)(H,111,119)(H,112,123)(H4,88,89,96)(H4,90,91,97)(H4,92,93,98)(H4,94,95,99)/t55-,59-,60-,61-,62-,63-,64-,65-,66-,67-,68-/m0/s1. The number of unbranched alkanes of at least 4 members (excludes halogenated alkanes) is 2. The van der Waals surface area contributed by atoms with Crippen LogP contribution >= 0.6 is 0 Å². The minimum atomic E-state index is -1.57. The number of para-hydroxylation sites is 3. The second-order valence-electron chi connectivity index (χ2n) is 30.7. The average Bonchev–Trinajstić information content (AvgIpc) is 1.69. The zero-order chi connectivity index (χ0) is 89.5. The Hall–Kier alpha value is -13.4. The van der Waals surface area contributed by atoms with E-state index in [2.05, 4.69) is 89.4 Å². The van der Waals surface area contributed by atoms with Gasteiger partial charge in [-0.05, 0) is 149 Å². The molecule has 3 heterocycles. The number of hydrogen-bond acceptors (Lipinski definition) is 18. The number of guanidine groups is 4. The van der Waals surface area contributed by atoms with Gasteiger partial charge in [0, 0.05) is 103 Å². The van der Waals surface area contributed by atoms with Crippen molar-refractivity contribution in [3.05, 3.63) is 144 Å². The van der Waals surface area contributed by atoms with Crippen LogP contribution in [0, 0.1) is 27.6 Å². The lowest BCUT2D eigenvalue weighted by atomic mass is 10.00. The summed E-state index contributed by atoms with van der Waals surface area (Å²) in [7, 11) is 0. The number of aromatic nitrogens is 3. The molecular weight excluding hydrogens is 1580 g/mol. The molecule has 0 saturated heterocycles. The predicted molar refractivity (Wildman–Crippen MR) is 470 cm³/mol. The van der Waals surface area contributed by atoms with E-state index in [0.29, 0.717) is 69.7 Å². The Kier molecular flexibility index (Phi) is 39.3. The normalized spacial score (nSPS) is 13.9. The van der Waals surface area contributed by atoms with Crippen molar-refractivity contribution in [3.63, 3.8) is 0 Å². The van der Waals surface area contributed by atoms with Crippen molar-refractivity contribution in [2.75, 3.05) is 39.3 Å². The first-order chi connectivity index (χ1) is 58.9. The molecule has 0 aliphatic carbocycles. The van der Waals surface area contributed by atoms with Gasteiger partial charge in [-0.2, -0.15) is 0 Å². The molecule has 0 aliphatic heterocycles. The largest absolute Gasteiger partial charge is 0.370 e. The SMILES string of the molecule is CC(C)[C@H](NC(=O)[C@H](Cc1c[nH]c2ccccc12)NC(=O)[C@H](CCCNC(=N)N)NC(=O)[C@H](CCCCN)NC(=O)[C@H](Cc1c[nH]c2ccccc12)NC(=O)[C@H](CCCNC(=N)N)NC(=O)[C@H](CCCNC(=N)N)NC(=O)[C@H](Cc1ccccc1)NC(=O)[C@H](Cc1c[nH]c2ccccc12)NC(=O)[C@H](CCCCN)NC(=O)[C@@H](N)CCCNC(=N)N)C(N)=O. The van der Waals surface area contributed by atoms with Crippen LogP contribution in [0.2, 0.25) is 0 Å². The Bertz CT molecular complexity index is 4720. The summed E-state index contributed by atoms with van der Waals surface area (Å²) in [5.41, 5.74) is 50.8. The summed E-state index contributed by atoms with van der Waals surface area (Å²) in [5.74, 6) is -11.1. The topological polar surface area (TPSA) is 707 Å². The van der Waals surface area contributed by atoms with Gasteiger partial charge in [0.05, 0.1) is 6.04 Å². The summed E-state index contributed by atoms with van der Waals surface area (Å²) in [5, 5.41) is 71.9. The van der Waals surface area contributed by atoms with E-state index in [9.17, 15) is 24.0 Å². The maximum absolute atomic E-state index is 15.5. The Morgan fingerprint density at radius 1 is 0.317 bits per heavy atom. The number of fused-ring (bicyclic) bond motifs is 3. The summed E-state index contributed by atoms with van der Waals surface area (Å²) >= 11 is 0. The van der Waals surface area contributed by atoms with Crippen LogP contribution in [0.25, 0.3) is 32.7 Å². The number of carbonyl (C=O) groups is 11. The molecule has 0 spiro atoms. The lowest BCUT2D eigenvalue weighted by Gasteiger charge is -2.29. The fraction of sp³-hybridized carbons (Fsp3) is 0.458. The molecule has 40 nitrogen and oxygen atoms in total. The molecule has 0 bridgehead atoms. The molecule has 7 rings (SSSR count). The number of H-pyrrole nitrogens is 3. The fourth-order valence-corrected chi connectivity index (χ4v) is 14.1. The van der Waals surface area contributed by atoms with Crippen LogP contribution in [0.3, 0.4) is 0 Å². The molecule has 3 aromatic heterocycles. The van der Waals surface area contributed by atoms with Crippen molar-refractivity contribution in [3.8, 4) is 0 Å². The molecular formula is C83H123N29O11. The molecule has 0 radical (unpaired) electrons. The lowest BCUT2D eigenvalue weighted by Crippen LogP contribution is -2.61. The molecule has 4 aromatic carbocycles. The van der Waals surface area contributed by atoms with E-state index in [1.54, 1.807) is 99.2 Å². The predicted octanol–water partition coefficient (Wildman–Crippen LogP) is -1.97. The van der Waals surface area contributed by atoms with Crippen LogP contribution in [-0.2, 0) is 78.4 Å². The highest BCUT2D eigenvalue weighted by Gasteiger charge is 2.38. The molecule has 11 atom stereocenters. The number of amides is 11. The van der Waals surface area contributed by atoms with E-state index in [0.717, 1.165) is 10.9 Å². The summed E-state index contributed by atoms with van der Waals surface area (Å²) in [6, 6.07) is 15.0. The van der Waals surface area contributed by atoms with E-state index in [1.807, 2.05) is 36.4 Å². The highest BCUT2D eigenvalue weighted by atomic mass is 16.2. The van der Waals surface area contributed by atoms with Crippen LogP contribution in [0.4, 0.5) is 0 Å². The second kappa shape index (κ2) is 50.0. The third kappa shape index (κ3) is 31.9. The van der Waals surface area contributed by atoms with Crippen LogP contribution < -0.4 is 120 Å². The molecule has 0 saturated carbocycles. The molecule has 0 fully saturated rings. The first kappa shape index (κ1) is 96.8. The second-order valence-corrected chi connectivity index (χ2v) is 30.7. The molecule has 37 N–H and O–H groups in total. The van der Waals surface area contributed by atoms with Gasteiger partial charge in [-0.1, -0.05) is 98.8 Å². The van der Waals surface area contributed by atoms with Crippen LogP contribution in [0.15, 0.2) is 122 Å². The van der Waals surface area contributed by atoms with Crippen molar-refractivity contribution >= 4 is 122 Å². The van der Waals surface area contributed by atoms with Crippen molar-refractivity contribution in [2.24, 2.45) is 51.8 Å². The molecule has 0 unspecified atom stereocenters. The summed E-state index contributed by atoms with van der Waals surface area (Å²) < 4.78 is 0. The Morgan fingerprint density at radius 3 is 0.878 bits per heavy atom. The van der Waals surface area contributed by atoms with E-state index in [1.165, 1.54) is 0 Å². The number of benzene rings is 4. The van der Waals surface area contributed by atoms with Gasteiger partial charge in [-0.25, -0.2) is 0 Å². The first-order valence-electron chi connectivity index (χ1n) is 41.4. The van der Waals surface area contributed by atoms with Crippen molar-refractivity contribution in [1.29, 1.82) is 21.6 Å². The van der Waals surface area contributed by atoms with Gasteiger partial charge in [0.15, 0.2) is 23.8 Å². The van der Waals surface area contributed by atoms with Gasteiger partial charge >= 0.3 is 0 Å². The zero-order valence-corrected chi connectivity index (χ0v) is 69.6. The van der Waals surface area contributed by atoms with Crippen molar-refractivity contribution in [2.45, 2.75) is 196 Å². The Morgan fingerprint density at radius 2 is 0.577 bits per heavy atom. The van der Waals surface area contributed by atoms with Crippen LogP contribution in [0.5, 0.6) is 0 Å². The molecule has 7 aromatic rings. The number of nitrogens with one attached hydrogen (secondary N) is 21. The summed E-state index contributed by atoms with van der Waals surface area (Å²) in [4.78, 5) is 172. The van der Waals surface area contributed by atoms with Gasteiger partial charge in [0.1, 0.15) is 60.4 Å². The quantitative estimate of drug-likeness (QED) is 0.0112. The van der Waals surface area contributed by atoms with Gasteiger partial charge in [-0.15, -0.1) is 0 Å². The summed E-state index contributed by atoms with van der Waals surface area (Å²) in [6.07, 6.45) is 6.13. The number of aromatic amines is 3. The summed E-state index contributed by atoms with van der Waals surface area (Å²) in [6.45, 7) is 4.18. The van der Waals surface area contributed by atoms with Gasteiger partial charge in [0.2, 0.25) is 65.0 Å². The van der Waals surface area contributed by atoms with E-state index < -0.39 is 149 Å². The van der Waals surface area contributed by atoms with Crippen molar-refractivity contribution < 1.29 is 52.7 Å². The highest BCUT2D eigenvalue weighted by Crippen LogP contribution is 2.24. The Balaban J connectivity index is 1.21. The number of primary amides is 1. The van der Waals surface area contributed by atoms with Crippen molar-refractivity contribution in [1.82, 2.24) is 89.4 Å². The highest BCUT2D eigenvalue weighted by molar-refractivity contribution is 6.00. The van der Waals surface area contributed by atoms with Crippen LogP contribution in [-0.4, -0.2) is 209 Å². The molecule has 0 aliphatic rings. The molecule has 11 amide bonds. The fourth-order valence-electron chi connectivity index (χ4n) is 14.1. The Labute approximate surface area is 713 Å². The number of rotatable bonds is 54. The zero-order valence-electron chi connectivity index (χ0n) is 69.6. The van der Waals surface area contributed by atoms with Crippen LogP contribution in [0.1, 0.15) is 126 Å². The third-order valence-corrected chi connectivity index (χ3v) is 20.7. The van der Waals surface area contributed by atoms with E-state index in [-0.39, 0.29) is 141 Å². The number of nitrogens with two attached hydrogens (primary N) is 8. The van der Waals surface area contributed by atoms with E-state index in [4.69, 9.17) is 67.5 Å². The lowest BCUT2D eigenvalue weighted by molar-refractivity contribution is -0.136. The maximum Gasteiger partial charge on any atom is 0.243 e. The third-order valence-electron chi connectivity index (χ3n) is 20.7. The molecule has 123 heavy (non-hydrogen) atoms. The number of carbonyl (C=O) groups excluding carboxylic acids is 11. The van der Waals surface area contributed by atoms with Gasteiger partial charge in [-0.3, -0.25) is 74.4 Å². The average molecular weight is 1700 g/mol. The smallest absolute Gasteiger partial charge is 0.243 e. The molecule has 666 valence electrons. The first-order valence-corrected chi connectivity index (χ1v) is 41.4. The minimum absolute atomic E-state index is 0.00525. The van der Waals surface area contributed by atoms with E-state index >= 15 is 28.8 Å². The minimum Gasteiger partial charge on any atom is -0.370 e. The maximum atomic E-state index is 15.5. The number of hydrogen-bond donors (Lipinski definition) is 29. The monoisotopic (exact) mass is 1700 g/mol. The van der Waals surface area contributed by atoms with Gasteiger partial charge in [0.25, 0.3) is 0 Å². The van der Waals surface area contributed by atoms with Gasteiger partial charge < -0.3 is 135 Å². The molecule has 40 heteroatoms.